The number of furan rings is 1. The Morgan fingerprint density at radius 3 is 2.94 bits per heavy atom. The highest BCUT2D eigenvalue weighted by atomic mass is 16.5. The predicted molar refractivity (Wildman–Crippen MR) is 55.7 cm³/mol. The fourth-order valence-corrected chi connectivity index (χ4v) is 1.21. The van der Waals surface area contributed by atoms with Crippen LogP contribution in [0.3, 0.4) is 0 Å². The molecule has 6 heteroatoms. The molecule has 90 valence electrons. The van der Waals surface area contributed by atoms with Crippen molar-refractivity contribution in [3.05, 3.63) is 23.7 Å². The predicted octanol–water partition coefficient (Wildman–Crippen LogP) is 1.65. The van der Waals surface area contributed by atoms with Crippen LogP contribution in [0.4, 0.5) is 4.79 Å². The van der Waals surface area contributed by atoms with E-state index in [-0.39, 0.29) is 0 Å². The van der Waals surface area contributed by atoms with Crippen molar-refractivity contribution >= 4 is 6.03 Å². The summed E-state index contributed by atoms with van der Waals surface area (Å²) in [7, 11) is 0. The van der Waals surface area contributed by atoms with Crippen LogP contribution in [0.2, 0.25) is 0 Å². The molecule has 0 aromatic carbocycles. The molecule has 0 aliphatic carbocycles. The van der Waals surface area contributed by atoms with Crippen LogP contribution in [0.5, 0.6) is 0 Å². The lowest BCUT2D eigenvalue weighted by Gasteiger charge is -2.18. The van der Waals surface area contributed by atoms with Crippen molar-refractivity contribution < 1.29 is 19.2 Å². The average Bonchev–Trinajstić information content (AvgIpc) is 2.72. The summed E-state index contributed by atoms with van der Waals surface area (Å²) in [6.07, 6.45) is 0. The van der Waals surface area contributed by atoms with Crippen LogP contribution >= 0.6 is 0 Å². The number of hydrogen-bond donors (Lipinski definition) is 2. The van der Waals surface area contributed by atoms with E-state index in [1.807, 2.05) is 6.92 Å². The minimum Gasteiger partial charge on any atom is -0.461 e. The van der Waals surface area contributed by atoms with E-state index in [9.17, 15) is 10.0 Å². The van der Waals surface area contributed by atoms with E-state index in [0.29, 0.717) is 29.8 Å². The van der Waals surface area contributed by atoms with Gasteiger partial charge >= 0.3 is 6.03 Å². The van der Waals surface area contributed by atoms with Crippen LogP contribution in [0, 0.1) is 0 Å². The second-order valence-electron chi connectivity index (χ2n) is 3.30. The number of nitrogens with zero attached hydrogens (tertiary/aromatic N) is 1. The highest BCUT2D eigenvalue weighted by Gasteiger charge is 2.20. The van der Waals surface area contributed by atoms with Crippen molar-refractivity contribution in [2.75, 3.05) is 6.61 Å². The van der Waals surface area contributed by atoms with Gasteiger partial charge in [0.15, 0.2) is 0 Å². The monoisotopic (exact) mass is 228 g/mol. The van der Waals surface area contributed by atoms with Crippen molar-refractivity contribution in [2.24, 2.45) is 5.73 Å². The van der Waals surface area contributed by atoms with Crippen molar-refractivity contribution in [1.29, 1.82) is 0 Å². The topological polar surface area (TPSA) is 88.9 Å². The zero-order chi connectivity index (χ0) is 12.1. The van der Waals surface area contributed by atoms with E-state index in [2.05, 4.69) is 0 Å². The molecule has 3 N–H and O–H groups in total. The summed E-state index contributed by atoms with van der Waals surface area (Å²) in [4.78, 5) is 10.7. The summed E-state index contributed by atoms with van der Waals surface area (Å²) in [5.74, 6) is 1.09. The fraction of sp³-hybridized carbons (Fsp3) is 0.500. The van der Waals surface area contributed by atoms with Crippen LogP contribution < -0.4 is 5.73 Å². The van der Waals surface area contributed by atoms with E-state index in [1.165, 1.54) is 0 Å². The molecule has 1 atom stereocenters. The van der Waals surface area contributed by atoms with Gasteiger partial charge in [-0.25, -0.2) is 4.79 Å². The Balaban J connectivity index is 2.66. The zero-order valence-electron chi connectivity index (χ0n) is 9.34. The van der Waals surface area contributed by atoms with Gasteiger partial charge in [-0.05, 0) is 26.0 Å². The molecule has 6 nitrogen and oxygen atoms in total. The van der Waals surface area contributed by atoms with Gasteiger partial charge in [-0.15, -0.1) is 0 Å². The Morgan fingerprint density at radius 2 is 2.38 bits per heavy atom. The van der Waals surface area contributed by atoms with Gasteiger partial charge in [-0.1, -0.05) is 0 Å². The number of carbonyl (C=O) groups is 1. The first-order valence-corrected chi connectivity index (χ1v) is 5.00. The Bertz CT molecular complexity index is 350. The number of urea groups is 1. The second kappa shape index (κ2) is 5.53. The number of carbonyl (C=O) groups excluding carboxylic acids is 1. The van der Waals surface area contributed by atoms with Gasteiger partial charge in [0.05, 0.1) is 0 Å². The Hall–Kier alpha value is -1.53. The summed E-state index contributed by atoms with van der Waals surface area (Å²) in [6.45, 7) is 4.45. The van der Waals surface area contributed by atoms with Crippen LogP contribution in [-0.4, -0.2) is 22.9 Å². The second-order valence-corrected chi connectivity index (χ2v) is 3.30. The Kier molecular flexibility index (Phi) is 4.33. The highest BCUT2D eigenvalue weighted by Crippen LogP contribution is 2.21. The van der Waals surface area contributed by atoms with Gasteiger partial charge in [-0.2, -0.15) is 5.06 Å². The van der Waals surface area contributed by atoms with Gasteiger partial charge in [0, 0.05) is 6.61 Å². The van der Waals surface area contributed by atoms with E-state index >= 15 is 0 Å². The normalized spacial score (nSPS) is 12.4. The highest BCUT2D eigenvalue weighted by molar-refractivity contribution is 5.70. The minimum absolute atomic E-state index is 0.366. The summed E-state index contributed by atoms with van der Waals surface area (Å²) in [5.41, 5.74) is 4.93. The van der Waals surface area contributed by atoms with Crippen molar-refractivity contribution in [1.82, 2.24) is 5.06 Å². The maximum absolute atomic E-state index is 10.7. The molecule has 0 aliphatic rings. The maximum atomic E-state index is 10.7. The summed E-state index contributed by atoms with van der Waals surface area (Å²) in [5, 5.41) is 9.72. The van der Waals surface area contributed by atoms with E-state index < -0.39 is 12.1 Å². The van der Waals surface area contributed by atoms with Crippen LogP contribution in [-0.2, 0) is 11.3 Å². The van der Waals surface area contributed by atoms with Gasteiger partial charge in [0.25, 0.3) is 0 Å². The molecule has 1 heterocycles. The van der Waals surface area contributed by atoms with Crippen LogP contribution in [0.15, 0.2) is 16.5 Å². The third kappa shape index (κ3) is 2.98. The van der Waals surface area contributed by atoms with E-state index in [0.717, 1.165) is 0 Å². The molecular weight excluding hydrogens is 212 g/mol. The summed E-state index contributed by atoms with van der Waals surface area (Å²) >= 11 is 0. The van der Waals surface area contributed by atoms with Gasteiger partial charge < -0.3 is 14.9 Å². The molecule has 1 unspecified atom stereocenters. The van der Waals surface area contributed by atoms with Crippen molar-refractivity contribution in [2.45, 2.75) is 26.5 Å². The Labute approximate surface area is 93.5 Å². The SMILES string of the molecule is CCOCc1ccc(C(C)N(O)C(N)=O)o1. The molecule has 0 spiro atoms. The number of rotatable bonds is 5. The largest absolute Gasteiger partial charge is 0.461 e. The maximum Gasteiger partial charge on any atom is 0.339 e. The van der Waals surface area contributed by atoms with Crippen molar-refractivity contribution in [3.8, 4) is 0 Å². The standard InChI is InChI=1S/C10H16N2O4/c1-3-15-6-8-4-5-9(16-8)7(2)12(14)10(11)13/h4-5,7,14H,3,6H2,1-2H3,(H2,11,13). The number of ether oxygens (including phenoxy) is 1. The first-order valence-electron chi connectivity index (χ1n) is 5.00. The lowest BCUT2D eigenvalue weighted by atomic mass is 10.2. The van der Waals surface area contributed by atoms with Crippen molar-refractivity contribution in [3.63, 3.8) is 0 Å². The molecular formula is C10H16N2O4. The molecule has 0 saturated heterocycles. The third-order valence-electron chi connectivity index (χ3n) is 2.14. The molecule has 0 bridgehead atoms. The molecule has 0 radical (unpaired) electrons. The smallest absolute Gasteiger partial charge is 0.339 e. The minimum atomic E-state index is -0.921. The van der Waals surface area contributed by atoms with Gasteiger partial charge in [-0.3, -0.25) is 5.21 Å². The number of amides is 2. The molecule has 0 fully saturated rings. The zero-order valence-corrected chi connectivity index (χ0v) is 9.34. The lowest BCUT2D eigenvalue weighted by molar-refractivity contribution is -0.0766. The number of primary amides is 1. The molecule has 2 amide bonds. The quantitative estimate of drug-likeness (QED) is 0.592. The molecule has 16 heavy (non-hydrogen) atoms. The van der Waals surface area contributed by atoms with Crippen LogP contribution in [0.25, 0.3) is 0 Å². The molecule has 1 aromatic rings. The number of hydrogen-bond acceptors (Lipinski definition) is 4. The Morgan fingerprint density at radius 1 is 1.69 bits per heavy atom. The van der Waals surface area contributed by atoms with Crippen LogP contribution in [0.1, 0.15) is 31.4 Å². The first-order chi connectivity index (χ1) is 7.56. The molecule has 1 aromatic heterocycles. The fourth-order valence-electron chi connectivity index (χ4n) is 1.21. The molecule has 1 rings (SSSR count). The number of nitrogens with two attached hydrogens (primary N) is 1. The number of hydroxylamine groups is 2. The first kappa shape index (κ1) is 12.5. The van der Waals surface area contributed by atoms with Gasteiger partial charge in [0.2, 0.25) is 0 Å². The lowest BCUT2D eigenvalue weighted by Crippen LogP contribution is -2.34. The molecule has 0 aliphatic heterocycles. The summed E-state index contributed by atoms with van der Waals surface area (Å²) in [6, 6.07) is 1.87. The van der Waals surface area contributed by atoms with Gasteiger partial charge in [0.1, 0.15) is 24.2 Å². The summed E-state index contributed by atoms with van der Waals surface area (Å²) < 4.78 is 10.5. The average molecular weight is 228 g/mol. The molecule has 0 saturated carbocycles. The van der Waals surface area contributed by atoms with E-state index in [4.69, 9.17) is 14.9 Å². The third-order valence-corrected chi connectivity index (χ3v) is 2.14. The van der Waals surface area contributed by atoms with E-state index in [1.54, 1.807) is 19.1 Å².